The van der Waals surface area contributed by atoms with Crippen LogP contribution in [0.25, 0.3) is 0 Å². The minimum absolute atomic E-state index is 0.272. The van der Waals surface area contributed by atoms with Crippen molar-refractivity contribution in [3.8, 4) is 0 Å². The first kappa shape index (κ1) is 14.9. The second-order valence-electron chi connectivity index (χ2n) is 5.21. The van der Waals surface area contributed by atoms with Crippen molar-refractivity contribution in [2.45, 2.75) is 57.6 Å². The lowest BCUT2D eigenvalue weighted by molar-refractivity contribution is 0.101. The first-order chi connectivity index (χ1) is 9.29. The van der Waals surface area contributed by atoms with E-state index in [0.717, 1.165) is 44.6 Å². The fraction of sp³-hybridized carbons (Fsp3) is 0.733. The zero-order valence-electron chi connectivity index (χ0n) is 11.7. The number of halogens is 1. The highest BCUT2D eigenvalue weighted by Gasteiger charge is 2.18. The summed E-state index contributed by atoms with van der Waals surface area (Å²) in [6, 6.07) is 4.06. The number of hydrogen-bond acceptors (Lipinski definition) is 3. The molecule has 1 fully saturated rings. The number of hydrogen-bond donors (Lipinski definition) is 1. The third kappa shape index (κ3) is 4.83. The van der Waals surface area contributed by atoms with Gasteiger partial charge in [0.15, 0.2) is 5.22 Å². The summed E-state index contributed by atoms with van der Waals surface area (Å²) in [7, 11) is 0. The van der Waals surface area contributed by atoms with Crippen molar-refractivity contribution in [1.82, 2.24) is 5.32 Å². The summed E-state index contributed by atoms with van der Waals surface area (Å²) in [6.07, 6.45) is 7.42. The maximum absolute atomic E-state index is 5.86. The van der Waals surface area contributed by atoms with Crippen molar-refractivity contribution < 1.29 is 9.15 Å². The van der Waals surface area contributed by atoms with Crippen LogP contribution in [0.15, 0.2) is 16.5 Å². The van der Waals surface area contributed by atoms with Crippen LogP contribution in [0.3, 0.4) is 0 Å². The zero-order chi connectivity index (χ0) is 13.5. The third-order valence-electron chi connectivity index (χ3n) is 3.62. The van der Waals surface area contributed by atoms with Crippen LogP contribution < -0.4 is 5.32 Å². The fourth-order valence-electron chi connectivity index (χ4n) is 2.60. The standard InChI is InChI=1S/C15H24ClNO2/c1-2-10-17-13(14-8-9-15(16)19-14)7-3-5-12-6-4-11-18-12/h8-9,12-13,17H,2-7,10-11H2,1H3. The highest BCUT2D eigenvalue weighted by molar-refractivity contribution is 6.28. The molecule has 1 saturated heterocycles. The normalized spacial score (nSPS) is 20.8. The Morgan fingerprint density at radius 1 is 1.47 bits per heavy atom. The Bertz CT molecular complexity index is 361. The van der Waals surface area contributed by atoms with Gasteiger partial charge in [0.25, 0.3) is 0 Å². The molecule has 4 heteroatoms. The average molecular weight is 286 g/mol. The second-order valence-corrected chi connectivity index (χ2v) is 5.59. The smallest absolute Gasteiger partial charge is 0.193 e. The zero-order valence-corrected chi connectivity index (χ0v) is 12.4. The van der Waals surface area contributed by atoms with E-state index < -0.39 is 0 Å². The first-order valence-corrected chi connectivity index (χ1v) is 7.77. The van der Waals surface area contributed by atoms with E-state index in [2.05, 4.69) is 12.2 Å². The van der Waals surface area contributed by atoms with E-state index in [1.807, 2.05) is 12.1 Å². The van der Waals surface area contributed by atoms with Gasteiger partial charge in [-0.1, -0.05) is 6.92 Å². The van der Waals surface area contributed by atoms with Crippen LogP contribution in [0.1, 0.15) is 57.3 Å². The molecular formula is C15H24ClNO2. The van der Waals surface area contributed by atoms with Gasteiger partial charge in [-0.15, -0.1) is 0 Å². The summed E-state index contributed by atoms with van der Waals surface area (Å²) < 4.78 is 11.2. The quantitative estimate of drug-likeness (QED) is 0.772. The molecule has 0 saturated carbocycles. The van der Waals surface area contributed by atoms with Crippen LogP contribution in [0, 0.1) is 0 Å². The number of rotatable bonds is 8. The molecule has 2 heterocycles. The van der Waals surface area contributed by atoms with Crippen LogP contribution >= 0.6 is 11.6 Å². The monoisotopic (exact) mass is 285 g/mol. The number of ether oxygens (including phenoxy) is 1. The molecule has 0 radical (unpaired) electrons. The molecular weight excluding hydrogens is 262 g/mol. The van der Waals surface area contributed by atoms with Crippen molar-refractivity contribution in [2.24, 2.45) is 0 Å². The van der Waals surface area contributed by atoms with E-state index in [1.165, 1.54) is 12.8 Å². The molecule has 0 aromatic carbocycles. The van der Waals surface area contributed by atoms with Crippen molar-refractivity contribution in [2.75, 3.05) is 13.2 Å². The van der Waals surface area contributed by atoms with Gasteiger partial charge >= 0.3 is 0 Å². The maximum atomic E-state index is 5.86. The van der Waals surface area contributed by atoms with Gasteiger partial charge in [0.05, 0.1) is 12.1 Å². The summed E-state index contributed by atoms with van der Waals surface area (Å²) in [5, 5.41) is 4.00. The summed E-state index contributed by atoms with van der Waals surface area (Å²) in [5.41, 5.74) is 0. The fourth-order valence-corrected chi connectivity index (χ4v) is 2.75. The van der Waals surface area contributed by atoms with Gasteiger partial charge in [0.2, 0.25) is 0 Å². The Hall–Kier alpha value is -0.510. The topological polar surface area (TPSA) is 34.4 Å². The molecule has 1 aliphatic rings. The second kappa shape index (κ2) is 7.93. The Morgan fingerprint density at radius 3 is 3.00 bits per heavy atom. The molecule has 1 aromatic heterocycles. The van der Waals surface area contributed by atoms with Gasteiger partial charge in [0.1, 0.15) is 5.76 Å². The Kier molecular flexibility index (Phi) is 6.21. The lowest BCUT2D eigenvalue weighted by Gasteiger charge is -2.17. The Labute approximate surface area is 120 Å². The van der Waals surface area contributed by atoms with E-state index in [1.54, 1.807) is 0 Å². The van der Waals surface area contributed by atoms with Gasteiger partial charge in [-0.05, 0) is 68.8 Å². The van der Waals surface area contributed by atoms with Crippen LogP contribution in [0.5, 0.6) is 0 Å². The molecule has 108 valence electrons. The molecule has 0 bridgehead atoms. The van der Waals surface area contributed by atoms with Crippen LogP contribution in [-0.4, -0.2) is 19.3 Å². The van der Waals surface area contributed by atoms with Crippen LogP contribution in [0.2, 0.25) is 5.22 Å². The summed E-state index contributed by atoms with van der Waals surface area (Å²) in [4.78, 5) is 0. The molecule has 1 aliphatic heterocycles. The Balaban J connectivity index is 1.79. The largest absolute Gasteiger partial charge is 0.448 e. The molecule has 2 atom stereocenters. The lowest BCUT2D eigenvalue weighted by atomic mass is 10.0. The predicted octanol–water partition coefficient (Wildman–Crippen LogP) is 4.32. The van der Waals surface area contributed by atoms with Gasteiger partial charge in [-0.3, -0.25) is 0 Å². The average Bonchev–Trinajstić information content (AvgIpc) is 3.05. The van der Waals surface area contributed by atoms with E-state index in [9.17, 15) is 0 Å². The molecule has 3 nitrogen and oxygen atoms in total. The van der Waals surface area contributed by atoms with Crippen molar-refractivity contribution in [3.05, 3.63) is 23.1 Å². The summed E-state index contributed by atoms with van der Waals surface area (Å²) in [5.74, 6) is 0.950. The van der Waals surface area contributed by atoms with Crippen molar-refractivity contribution in [3.63, 3.8) is 0 Å². The molecule has 2 rings (SSSR count). The maximum Gasteiger partial charge on any atom is 0.193 e. The summed E-state index contributed by atoms with van der Waals surface area (Å²) in [6.45, 7) is 4.12. The third-order valence-corrected chi connectivity index (χ3v) is 3.82. The molecule has 0 aliphatic carbocycles. The van der Waals surface area contributed by atoms with E-state index in [-0.39, 0.29) is 6.04 Å². The van der Waals surface area contributed by atoms with E-state index in [4.69, 9.17) is 20.8 Å². The molecule has 2 unspecified atom stereocenters. The van der Waals surface area contributed by atoms with Gasteiger partial charge in [-0.25, -0.2) is 0 Å². The van der Waals surface area contributed by atoms with Gasteiger partial charge < -0.3 is 14.5 Å². The minimum atomic E-state index is 0.272. The molecule has 0 amide bonds. The van der Waals surface area contributed by atoms with Gasteiger partial charge in [0, 0.05) is 6.61 Å². The van der Waals surface area contributed by atoms with Crippen LogP contribution in [-0.2, 0) is 4.74 Å². The lowest BCUT2D eigenvalue weighted by Crippen LogP contribution is -2.22. The highest BCUT2D eigenvalue weighted by Crippen LogP contribution is 2.26. The van der Waals surface area contributed by atoms with Crippen molar-refractivity contribution in [1.29, 1.82) is 0 Å². The number of furan rings is 1. The van der Waals surface area contributed by atoms with Crippen LogP contribution in [0.4, 0.5) is 0 Å². The molecule has 0 spiro atoms. The minimum Gasteiger partial charge on any atom is -0.448 e. The molecule has 19 heavy (non-hydrogen) atoms. The molecule has 1 aromatic rings. The van der Waals surface area contributed by atoms with E-state index >= 15 is 0 Å². The Morgan fingerprint density at radius 2 is 2.37 bits per heavy atom. The summed E-state index contributed by atoms with van der Waals surface area (Å²) >= 11 is 5.86. The SMILES string of the molecule is CCCNC(CCCC1CCCO1)c1ccc(Cl)o1. The van der Waals surface area contributed by atoms with Crippen molar-refractivity contribution >= 4 is 11.6 Å². The highest BCUT2D eigenvalue weighted by atomic mass is 35.5. The number of nitrogens with one attached hydrogen (secondary N) is 1. The predicted molar refractivity (Wildman–Crippen MR) is 77.6 cm³/mol. The molecule has 1 N–H and O–H groups in total. The van der Waals surface area contributed by atoms with E-state index in [0.29, 0.717) is 11.3 Å². The van der Waals surface area contributed by atoms with Gasteiger partial charge in [-0.2, -0.15) is 0 Å². The first-order valence-electron chi connectivity index (χ1n) is 7.40.